The van der Waals surface area contributed by atoms with Crippen molar-refractivity contribution in [2.75, 3.05) is 16.8 Å². The standard InChI is InChI=1S/C13H13N3O3/c14-7-4-5-9(15)8(6-7)13(19)16-12-10(17)2-1-3-11(12)18/h1-6,17-18H,14-15H2,(H,16,19). The van der Waals surface area contributed by atoms with Crippen LogP contribution in [0.2, 0.25) is 0 Å². The van der Waals surface area contributed by atoms with Crippen LogP contribution in [-0.4, -0.2) is 16.1 Å². The molecule has 0 aliphatic rings. The maximum absolute atomic E-state index is 12.0. The lowest BCUT2D eigenvalue weighted by molar-refractivity contribution is 0.102. The van der Waals surface area contributed by atoms with Crippen LogP contribution in [0.1, 0.15) is 10.4 Å². The van der Waals surface area contributed by atoms with E-state index in [-0.39, 0.29) is 28.4 Å². The minimum atomic E-state index is -0.568. The van der Waals surface area contributed by atoms with Gasteiger partial charge in [0, 0.05) is 11.4 Å². The summed E-state index contributed by atoms with van der Waals surface area (Å²) < 4.78 is 0. The number of phenolic OH excluding ortho intramolecular Hbond substituents is 2. The molecule has 0 bridgehead atoms. The van der Waals surface area contributed by atoms with Gasteiger partial charge in [-0.1, -0.05) is 6.07 Å². The molecule has 0 aliphatic heterocycles. The number of carbonyl (C=O) groups is 1. The smallest absolute Gasteiger partial charge is 0.258 e. The molecule has 0 unspecified atom stereocenters. The molecule has 6 heteroatoms. The van der Waals surface area contributed by atoms with Gasteiger partial charge in [0.25, 0.3) is 5.91 Å². The Kier molecular flexibility index (Phi) is 3.15. The molecule has 1 amide bonds. The largest absolute Gasteiger partial charge is 0.506 e. The highest BCUT2D eigenvalue weighted by Crippen LogP contribution is 2.33. The molecule has 7 N–H and O–H groups in total. The average molecular weight is 259 g/mol. The van der Waals surface area contributed by atoms with E-state index in [1.165, 1.54) is 30.3 Å². The number of nitrogens with two attached hydrogens (primary N) is 2. The normalized spacial score (nSPS) is 10.1. The molecule has 0 aliphatic carbocycles. The second kappa shape index (κ2) is 4.77. The summed E-state index contributed by atoms with van der Waals surface area (Å²) in [7, 11) is 0. The van der Waals surface area contributed by atoms with Crippen molar-refractivity contribution < 1.29 is 15.0 Å². The summed E-state index contributed by atoms with van der Waals surface area (Å²) in [5, 5.41) is 21.5. The van der Waals surface area contributed by atoms with Crippen molar-refractivity contribution in [1.82, 2.24) is 0 Å². The van der Waals surface area contributed by atoms with Gasteiger partial charge >= 0.3 is 0 Å². The van der Waals surface area contributed by atoms with Crippen LogP contribution in [0, 0.1) is 0 Å². The molecule has 0 atom stereocenters. The van der Waals surface area contributed by atoms with Crippen LogP contribution in [0.4, 0.5) is 17.1 Å². The van der Waals surface area contributed by atoms with Gasteiger partial charge in [-0.2, -0.15) is 0 Å². The highest BCUT2D eigenvalue weighted by atomic mass is 16.3. The second-order valence-corrected chi connectivity index (χ2v) is 3.97. The van der Waals surface area contributed by atoms with E-state index in [2.05, 4.69) is 5.32 Å². The van der Waals surface area contributed by atoms with Crippen LogP contribution in [-0.2, 0) is 0 Å². The number of hydrogen-bond donors (Lipinski definition) is 5. The van der Waals surface area contributed by atoms with Crippen molar-refractivity contribution in [2.24, 2.45) is 0 Å². The molecule has 0 saturated carbocycles. The van der Waals surface area contributed by atoms with E-state index in [9.17, 15) is 15.0 Å². The number of anilines is 3. The van der Waals surface area contributed by atoms with Gasteiger partial charge in [-0.25, -0.2) is 0 Å². The first-order chi connectivity index (χ1) is 8.99. The molecule has 0 fully saturated rings. The lowest BCUT2D eigenvalue weighted by Gasteiger charge is -2.10. The van der Waals surface area contributed by atoms with E-state index in [0.717, 1.165) is 0 Å². The van der Waals surface area contributed by atoms with E-state index in [0.29, 0.717) is 5.69 Å². The number of nitrogen functional groups attached to an aromatic ring is 2. The van der Waals surface area contributed by atoms with E-state index in [4.69, 9.17) is 11.5 Å². The van der Waals surface area contributed by atoms with Crippen molar-refractivity contribution in [3.63, 3.8) is 0 Å². The van der Waals surface area contributed by atoms with Crippen molar-refractivity contribution >= 4 is 23.0 Å². The molecule has 98 valence electrons. The van der Waals surface area contributed by atoms with Gasteiger partial charge in [0.15, 0.2) is 0 Å². The number of hydrogen-bond acceptors (Lipinski definition) is 5. The molecule has 2 aromatic carbocycles. The SMILES string of the molecule is Nc1ccc(N)c(C(=O)Nc2c(O)cccc2O)c1. The van der Waals surface area contributed by atoms with Gasteiger partial charge < -0.3 is 27.0 Å². The predicted octanol–water partition coefficient (Wildman–Crippen LogP) is 1.51. The molecule has 0 spiro atoms. The number of carbonyl (C=O) groups excluding carboxylic acids is 1. The third-order valence-electron chi connectivity index (χ3n) is 2.58. The van der Waals surface area contributed by atoms with E-state index >= 15 is 0 Å². The number of benzene rings is 2. The monoisotopic (exact) mass is 259 g/mol. The summed E-state index contributed by atoms with van der Waals surface area (Å²) in [6.07, 6.45) is 0. The highest BCUT2D eigenvalue weighted by molar-refractivity contribution is 6.09. The molecule has 2 rings (SSSR count). The minimum absolute atomic E-state index is 0.0747. The number of amides is 1. The van der Waals surface area contributed by atoms with Crippen LogP contribution in [0.15, 0.2) is 36.4 Å². The van der Waals surface area contributed by atoms with Crippen LogP contribution in [0.5, 0.6) is 11.5 Å². The Morgan fingerprint density at radius 1 is 1.05 bits per heavy atom. The number of para-hydroxylation sites is 1. The number of nitrogens with one attached hydrogen (secondary N) is 1. The Morgan fingerprint density at radius 2 is 1.68 bits per heavy atom. The van der Waals surface area contributed by atoms with E-state index < -0.39 is 5.91 Å². The first-order valence-corrected chi connectivity index (χ1v) is 5.46. The quantitative estimate of drug-likeness (QED) is 0.413. The summed E-state index contributed by atoms with van der Waals surface area (Å²) in [6.45, 7) is 0. The van der Waals surface area contributed by atoms with Crippen molar-refractivity contribution in [1.29, 1.82) is 0 Å². The molecule has 0 saturated heterocycles. The van der Waals surface area contributed by atoms with Gasteiger partial charge in [-0.05, 0) is 30.3 Å². The van der Waals surface area contributed by atoms with Gasteiger partial charge in [0.1, 0.15) is 17.2 Å². The Balaban J connectivity index is 2.34. The fourth-order valence-corrected chi connectivity index (χ4v) is 1.61. The zero-order valence-corrected chi connectivity index (χ0v) is 9.92. The highest BCUT2D eigenvalue weighted by Gasteiger charge is 2.14. The van der Waals surface area contributed by atoms with E-state index in [1.807, 2.05) is 0 Å². The zero-order valence-electron chi connectivity index (χ0n) is 9.92. The molecule has 0 radical (unpaired) electrons. The zero-order chi connectivity index (χ0) is 14.0. The molecule has 0 aromatic heterocycles. The summed E-state index contributed by atoms with van der Waals surface area (Å²) in [6, 6.07) is 8.64. The van der Waals surface area contributed by atoms with Crippen LogP contribution in [0.25, 0.3) is 0 Å². The molecular formula is C13H13N3O3. The molecular weight excluding hydrogens is 246 g/mol. The molecule has 0 heterocycles. The predicted molar refractivity (Wildman–Crippen MR) is 73.0 cm³/mol. The van der Waals surface area contributed by atoms with Crippen molar-refractivity contribution in [3.05, 3.63) is 42.0 Å². The molecule has 19 heavy (non-hydrogen) atoms. The van der Waals surface area contributed by atoms with Crippen LogP contribution < -0.4 is 16.8 Å². The lowest BCUT2D eigenvalue weighted by Crippen LogP contribution is -2.14. The van der Waals surface area contributed by atoms with Gasteiger partial charge in [0.05, 0.1) is 5.56 Å². The molecule has 2 aromatic rings. The Morgan fingerprint density at radius 3 is 2.32 bits per heavy atom. The summed E-state index contributed by atoms with van der Waals surface area (Å²) in [5.74, 6) is -1.05. The van der Waals surface area contributed by atoms with Crippen LogP contribution >= 0.6 is 0 Å². The fraction of sp³-hybridized carbons (Fsp3) is 0. The van der Waals surface area contributed by atoms with Crippen LogP contribution in [0.3, 0.4) is 0 Å². The summed E-state index contributed by atoms with van der Waals surface area (Å²) in [5.41, 5.74) is 12.0. The third kappa shape index (κ3) is 2.52. The number of phenols is 2. The maximum Gasteiger partial charge on any atom is 0.258 e. The first-order valence-electron chi connectivity index (χ1n) is 5.46. The topological polar surface area (TPSA) is 122 Å². The Hall–Kier alpha value is -2.89. The van der Waals surface area contributed by atoms with Gasteiger partial charge in [-0.3, -0.25) is 4.79 Å². The fourth-order valence-electron chi connectivity index (χ4n) is 1.61. The third-order valence-corrected chi connectivity index (χ3v) is 2.58. The van der Waals surface area contributed by atoms with E-state index in [1.54, 1.807) is 6.07 Å². The second-order valence-electron chi connectivity index (χ2n) is 3.97. The maximum atomic E-state index is 12.0. The first kappa shape index (κ1) is 12.6. The Bertz CT molecular complexity index is 621. The van der Waals surface area contributed by atoms with Crippen molar-refractivity contribution in [2.45, 2.75) is 0 Å². The molecule has 6 nitrogen and oxygen atoms in total. The average Bonchev–Trinajstić information content (AvgIpc) is 2.37. The van der Waals surface area contributed by atoms with Gasteiger partial charge in [-0.15, -0.1) is 0 Å². The Labute approximate surface area is 109 Å². The van der Waals surface area contributed by atoms with Crippen molar-refractivity contribution in [3.8, 4) is 11.5 Å². The lowest BCUT2D eigenvalue weighted by atomic mass is 10.1. The number of aromatic hydroxyl groups is 2. The number of rotatable bonds is 2. The summed E-state index contributed by atoms with van der Waals surface area (Å²) in [4.78, 5) is 12.0. The van der Waals surface area contributed by atoms with Gasteiger partial charge in [0.2, 0.25) is 0 Å². The minimum Gasteiger partial charge on any atom is -0.506 e. The summed E-state index contributed by atoms with van der Waals surface area (Å²) >= 11 is 0.